The van der Waals surface area contributed by atoms with E-state index in [1.807, 2.05) is 0 Å². The molecule has 0 amide bonds. The number of hydrogen-bond donors (Lipinski definition) is 3. The maximum atomic E-state index is 9.23. The van der Waals surface area contributed by atoms with Crippen LogP contribution in [0.3, 0.4) is 0 Å². The molecule has 0 saturated heterocycles. The van der Waals surface area contributed by atoms with Gasteiger partial charge in [-0.25, -0.2) is 4.98 Å². The van der Waals surface area contributed by atoms with E-state index in [0.717, 1.165) is 5.13 Å². The number of aliphatic hydroxyl groups is 1. The van der Waals surface area contributed by atoms with Gasteiger partial charge in [0.15, 0.2) is 5.13 Å². The molecule has 4 nitrogen and oxygen atoms in total. The molecule has 0 fully saturated rings. The molecular formula is C6H11N3OS. The molecule has 0 aliphatic heterocycles. The first kappa shape index (κ1) is 8.45. The van der Waals surface area contributed by atoms with E-state index in [-0.39, 0.29) is 6.54 Å². The predicted octanol–water partition coefficient (Wildman–Crippen LogP) is 0.177. The van der Waals surface area contributed by atoms with E-state index in [2.05, 4.69) is 10.3 Å². The molecule has 1 unspecified atom stereocenters. The van der Waals surface area contributed by atoms with Crippen molar-refractivity contribution >= 4 is 16.5 Å². The number of nitrogens with zero attached hydrogens (tertiary/aromatic N) is 1. The Kier molecular flexibility index (Phi) is 2.81. The highest BCUT2D eigenvalue weighted by molar-refractivity contribution is 7.13. The number of hydrogen-bond acceptors (Lipinski definition) is 5. The Hall–Kier alpha value is -0.650. The Bertz CT molecular complexity index is 225. The van der Waals surface area contributed by atoms with Gasteiger partial charge < -0.3 is 16.2 Å². The smallest absolute Gasteiger partial charge is 0.182 e. The Labute approximate surface area is 69.1 Å². The molecular weight excluding hydrogens is 162 g/mol. The zero-order valence-corrected chi connectivity index (χ0v) is 7.06. The van der Waals surface area contributed by atoms with Crippen molar-refractivity contribution in [1.82, 2.24) is 4.98 Å². The molecule has 1 atom stereocenters. The summed E-state index contributed by atoms with van der Waals surface area (Å²) in [5.74, 6) is 0. The van der Waals surface area contributed by atoms with Gasteiger partial charge in [-0.05, 0) is 0 Å². The Morgan fingerprint density at radius 3 is 3.09 bits per heavy atom. The monoisotopic (exact) mass is 173 g/mol. The van der Waals surface area contributed by atoms with Crippen LogP contribution in [0.25, 0.3) is 0 Å². The van der Waals surface area contributed by atoms with Crippen molar-refractivity contribution in [3.63, 3.8) is 0 Å². The summed E-state index contributed by atoms with van der Waals surface area (Å²) in [5, 5.41) is 14.7. The fraction of sp³-hybridized carbons (Fsp3) is 0.500. The van der Waals surface area contributed by atoms with Crippen molar-refractivity contribution in [2.75, 3.05) is 18.9 Å². The summed E-state index contributed by atoms with van der Waals surface area (Å²) in [6.45, 7) is 0.215. The van der Waals surface area contributed by atoms with E-state index in [1.165, 1.54) is 11.3 Å². The summed E-state index contributed by atoms with van der Waals surface area (Å²) < 4.78 is 0. The molecule has 1 aromatic rings. The van der Waals surface area contributed by atoms with Gasteiger partial charge in [0.25, 0.3) is 0 Å². The highest BCUT2D eigenvalue weighted by Crippen LogP contribution is 2.18. The van der Waals surface area contributed by atoms with Crippen molar-refractivity contribution in [2.24, 2.45) is 5.73 Å². The van der Waals surface area contributed by atoms with Crippen LogP contribution >= 0.6 is 11.3 Å². The van der Waals surface area contributed by atoms with Gasteiger partial charge >= 0.3 is 0 Å². The maximum absolute atomic E-state index is 9.23. The van der Waals surface area contributed by atoms with Gasteiger partial charge in [-0.1, -0.05) is 0 Å². The Morgan fingerprint density at radius 2 is 2.64 bits per heavy atom. The second kappa shape index (κ2) is 3.66. The number of aliphatic hydroxyl groups excluding tert-OH is 1. The lowest BCUT2D eigenvalue weighted by Crippen LogP contribution is -2.11. The molecule has 0 aliphatic carbocycles. The van der Waals surface area contributed by atoms with Crippen LogP contribution in [0, 0.1) is 0 Å². The third kappa shape index (κ3) is 1.89. The normalized spacial score (nSPS) is 13.0. The van der Waals surface area contributed by atoms with E-state index in [1.54, 1.807) is 12.4 Å². The third-order valence-corrected chi connectivity index (χ3v) is 2.18. The average molecular weight is 173 g/mol. The predicted molar refractivity (Wildman–Crippen MR) is 45.7 cm³/mol. The zero-order valence-electron chi connectivity index (χ0n) is 6.24. The lowest BCUT2D eigenvalue weighted by atomic mass is 10.3. The lowest BCUT2D eigenvalue weighted by Gasteiger charge is -2.01. The molecule has 5 heteroatoms. The molecule has 62 valence electrons. The minimum absolute atomic E-state index is 0.215. The summed E-state index contributed by atoms with van der Waals surface area (Å²) in [7, 11) is 1.79. The van der Waals surface area contributed by atoms with Gasteiger partial charge in [0.05, 0.1) is 5.69 Å². The van der Waals surface area contributed by atoms with Gasteiger partial charge in [-0.3, -0.25) is 0 Å². The van der Waals surface area contributed by atoms with Crippen LogP contribution in [-0.4, -0.2) is 23.7 Å². The molecule has 1 rings (SSSR count). The van der Waals surface area contributed by atoms with Gasteiger partial charge in [0, 0.05) is 19.0 Å². The van der Waals surface area contributed by atoms with Crippen molar-refractivity contribution in [2.45, 2.75) is 6.10 Å². The summed E-state index contributed by atoms with van der Waals surface area (Å²) >= 11 is 1.46. The molecule has 0 saturated carbocycles. The largest absolute Gasteiger partial charge is 0.385 e. The molecule has 0 bridgehead atoms. The minimum atomic E-state index is -0.631. The highest BCUT2D eigenvalue weighted by Gasteiger charge is 2.08. The topological polar surface area (TPSA) is 71.2 Å². The number of anilines is 1. The lowest BCUT2D eigenvalue weighted by molar-refractivity contribution is 0.183. The number of aromatic nitrogens is 1. The van der Waals surface area contributed by atoms with E-state index >= 15 is 0 Å². The fourth-order valence-corrected chi connectivity index (χ4v) is 1.39. The van der Waals surface area contributed by atoms with Crippen molar-refractivity contribution in [3.8, 4) is 0 Å². The maximum Gasteiger partial charge on any atom is 0.182 e. The van der Waals surface area contributed by atoms with Crippen LogP contribution in [0.5, 0.6) is 0 Å². The van der Waals surface area contributed by atoms with E-state index < -0.39 is 6.10 Å². The second-order valence-electron chi connectivity index (χ2n) is 2.08. The van der Waals surface area contributed by atoms with Crippen LogP contribution in [0.1, 0.15) is 11.8 Å². The van der Waals surface area contributed by atoms with E-state index in [4.69, 9.17) is 5.73 Å². The first-order valence-electron chi connectivity index (χ1n) is 3.29. The standard InChI is InChI=1S/C6H11N3OS/c1-8-6-9-4(3-11-6)5(10)2-7/h3,5,10H,2,7H2,1H3,(H,8,9). The molecule has 1 heterocycles. The van der Waals surface area contributed by atoms with Crippen LogP contribution in [-0.2, 0) is 0 Å². The van der Waals surface area contributed by atoms with Gasteiger partial charge in [-0.15, -0.1) is 11.3 Å². The molecule has 0 aromatic carbocycles. The fourth-order valence-electron chi connectivity index (χ4n) is 0.675. The minimum Gasteiger partial charge on any atom is -0.385 e. The van der Waals surface area contributed by atoms with Crippen LogP contribution < -0.4 is 11.1 Å². The van der Waals surface area contributed by atoms with Gasteiger partial charge in [0.2, 0.25) is 0 Å². The van der Waals surface area contributed by atoms with Crippen LogP contribution in [0.4, 0.5) is 5.13 Å². The average Bonchev–Trinajstić information content (AvgIpc) is 2.50. The van der Waals surface area contributed by atoms with Crippen LogP contribution in [0.2, 0.25) is 0 Å². The van der Waals surface area contributed by atoms with Crippen molar-refractivity contribution in [3.05, 3.63) is 11.1 Å². The van der Waals surface area contributed by atoms with Crippen molar-refractivity contribution < 1.29 is 5.11 Å². The third-order valence-electron chi connectivity index (χ3n) is 1.30. The molecule has 0 radical (unpaired) electrons. The zero-order chi connectivity index (χ0) is 8.27. The van der Waals surface area contributed by atoms with E-state index in [9.17, 15) is 5.11 Å². The summed E-state index contributed by atoms with van der Waals surface area (Å²) in [6.07, 6.45) is -0.631. The number of nitrogens with one attached hydrogen (secondary N) is 1. The number of rotatable bonds is 3. The molecule has 0 spiro atoms. The highest BCUT2D eigenvalue weighted by atomic mass is 32.1. The molecule has 4 N–H and O–H groups in total. The second-order valence-corrected chi connectivity index (χ2v) is 2.94. The van der Waals surface area contributed by atoms with Gasteiger partial charge in [-0.2, -0.15) is 0 Å². The first-order valence-corrected chi connectivity index (χ1v) is 4.17. The molecule has 0 aliphatic rings. The number of nitrogens with two attached hydrogens (primary N) is 1. The Balaban J connectivity index is 2.71. The molecule has 1 aromatic heterocycles. The van der Waals surface area contributed by atoms with Gasteiger partial charge in [0.1, 0.15) is 6.10 Å². The summed E-state index contributed by atoms with van der Waals surface area (Å²) in [5.41, 5.74) is 5.89. The Morgan fingerprint density at radius 1 is 1.91 bits per heavy atom. The van der Waals surface area contributed by atoms with Crippen LogP contribution in [0.15, 0.2) is 5.38 Å². The number of thiazole rings is 1. The molecule has 11 heavy (non-hydrogen) atoms. The quantitative estimate of drug-likeness (QED) is 0.609. The first-order chi connectivity index (χ1) is 5.27. The van der Waals surface area contributed by atoms with E-state index in [0.29, 0.717) is 5.69 Å². The summed E-state index contributed by atoms with van der Waals surface area (Å²) in [6, 6.07) is 0. The SMILES string of the molecule is CNc1nc(C(O)CN)cs1. The van der Waals surface area contributed by atoms with Crippen molar-refractivity contribution in [1.29, 1.82) is 0 Å². The summed E-state index contributed by atoms with van der Waals surface area (Å²) in [4.78, 5) is 4.08.